The fraction of sp³-hybridized carbons (Fsp3) is 0.200. The van der Waals surface area contributed by atoms with Crippen molar-refractivity contribution in [2.45, 2.75) is 31.1 Å². The van der Waals surface area contributed by atoms with Crippen molar-refractivity contribution in [2.75, 3.05) is 23.5 Å². The quantitative estimate of drug-likeness (QED) is 0.0916. The molecule has 0 aliphatic heterocycles. The normalized spacial score (nSPS) is 14.2. The third-order valence-electron chi connectivity index (χ3n) is 7.33. The van der Waals surface area contributed by atoms with Crippen LogP contribution in [0.4, 0.5) is 10.7 Å². The van der Waals surface area contributed by atoms with E-state index >= 15 is 0 Å². The van der Waals surface area contributed by atoms with Gasteiger partial charge in [-0.1, -0.05) is 54.9 Å². The SMILES string of the molecule is COC(=O)c1c(NC(=O)CSc2cccc(NC(=O)/C(=C\c3ccc(Cl)cc3)NC(=O)c3ccccc3)c2)sc2c1CCC(C)C2. The van der Waals surface area contributed by atoms with Crippen LogP contribution >= 0.6 is 34.7 Å². The van der Waals surface area contributed by atoms with Crippen LogP contribution in [0.25, 0.3) is 6.08 Å². The molecule has 0 saturated heterocycles. The number of thiophene rings is 1. The Kier molecular flexibility index (Phi) is 11.0. The molecule has 4 aromatic rings. The number of hydrogen-bond acceptors (Lipinski definition) is 7. The lowest BCUT2D eigenvalue weighted by molar-refractivity contribution is -0.114. The topological polar surface area (TPSA) is 114 Å². The van der Waals surface area contributed by atoms with E-state index in [1.165, 1.54) is 30.2 Å². The molecule has 3 N–H and O–H groups in total. The highest BCUT2D eigenvalue weighted by Gasteiger charge is 2.29. The van der Waals surface area contributed by atoms with E-state index in [4.69, 9.17) is 16.3 Å². The van der Waals surface area contributed by atoms with Crippen LogP contribution in [0.5, 0.6) is 0 Å². The second-order valence-electron chi connectivity index (χ2n) is 10.8. The van der Waals surface area contributed by atoms with Crippen LogP contribution in [-0.2, 0) is 27.2 Å². The first kappa shape index (κ1) is 33.0. The Labute approximate surface area is 280 Å². The number of anilines is 2. The molecule has 3 aromatic carbocycles. The van der Waals surface area contributed by atoms with Crippen molar-refractivity contribution < 1.29 is 23.9 Å². The molecule has 0 bridgehead atoms. The zero-order valence-corrected chi connectivity index (χ0v) is 27.6. The molecule has 8 nitrogen and oxygen atoms in total. The third-order valence-corrected chi connectivity index (χ3v) is 9.74. The highest BCUT2D eigenvalue weighted by molar-refractivity contribution is 8.00. The van der Waals surface area contributed by atoms with Gasteiger partial charge in [0.25, 0.3) is 11.8 Å². The number of thioether (sulfide) groups is 1. The Morgan fingerprint density at radius 3 is 2.50 bits per heavy atom. The van der Waals surface area contributed by atoms with Gasteiger partial charge >= 0.3 is 5.97 Å². The van der Waals surface area contributed by atoms with Crippen LogP contribution in [0.3, 0.4) is 0 Å². The number of esters is 1. The van der Waals surface area contributed by atoms with Gasteiger partial charge in [0.05, 0.1) is 18.4 Å². The minimum Gasteiger partial charge on any atom is -0.465 e. The Bertz CT molecular complexity index is 1790. The first-order valence-corrected chi connectivity index (χ1v) is 16.8. The highest BCUT2D eigenvalue weighted by Crippen LogP contribution is 2.40. The third kappa shape index (κ3) is 8.45. The summed E-state index contributed by atoms with van der Waals surface area (Å²) in [7, 11) is 1.35. The van der Waals surface area contributed by atoms with Crippen LogP contribution in [0.1, 0.15) is 50.1 Å². The average molecular weight is 674 g/mol. The van der Waals surface area contributed by atoms with E-state index in [2.05, 4.69) is 22.9 Å². The smallest absolute Gasteiger partial charge is 0.341 e. The molecule has 46 heavy (non-hydrogen) atoms. The number of amides is 3. The summed E-state index contributed by atoms with van der Waals surface area (Å²) in [6.45, 7) is 2.18. The molecule has 1 unspecified atom stereocenters. The molecule has 0 fully saturated rings. The molecule has 236 valence electrons. The van der Waals surface area contributed by atoms with E-state index in [-0.39, 0.29) is 17.4 Å². The van der Waals surface area contributed by atoms with Gasteiger partial charge in [-0.15, -0.1) is 23.1 Å². The number of carbonyl (C=O) groups excluding carboxylic acids is 4. The molecule has 11 heteroatoms. The molecule has 5 rings (SSSR count). The number of rotatable bonds is 10. The highest BCUT2D eigenvalue weighted by atomic mass is 35.5. The summed E-state index contributed by atoms with van der Waals surface area (Å²) in [6.07, 6.45) is 4.22. The number of hydrogen-bond donors (Lipinski definition) is 3. The van der Waals surface area contributed by atoms with E-state index in [1.54, 1.807) is 78.9 Å². The molecule has 3 amide bonds. The monoisotopic (exact) mass is 673 g/mol. The van der Waals surface area contributed by atoms with Crippen molar-refractivity contribution in [3.63, 3.8) is 0 Å². The summed E-state index contributed by atoms with van der Waals surface area (Å²) in [5, 5.41) is 9.55. The molecule has 0 spiro atoms. The molecule has 1 aromatic heterocycles. The number of fused-ring (bicyclic) bond motifs is 1. The van der Waals surface area contributed by atoms with Crippen LogP contribution in [-0.4, -0.2) is 36.6 Å². The zero-order valence-electron chi connectivity index (χ0n) is 25.2. The van der Waals surface area contributed by atoms with Gasteiger partial charge < -0.3 is 20.7 Å². The second-order valence-corrected chi connectivity index (χ2v) is 13.4. The minimum absolute atomic E-state index is 0.0445. The molecule has 1 atom stereocenters. The van der Waals surface area contributed by atoms with E-state index in [0.29, 0.717) is 38.3 Å². The molecule has 1 aliphatic carbocycles. The lowest BCUT2D eigenvalue weighted by Crippen LogP contribution is -2.30. The molecule has 0 saturated carbocycles. The summed E-state index contributed by atoms with van der Waals surface area (Å²) in [4.78, 5) is 53.8. The fourth-order valence-corrected chi connectivity index (χ4v) is 7.29. The van der Waals surface area contributed by atoms with Gasteiger partial charge in [0.15, 0.2) is 0 Å². The Balaban J connectivity index is 1.26. The average Bonchev–Trinajstić information content (AvgIpc) is 3.41. The van der Waals surface area contributed by atoms with Gasteiger partial charge in [-0.3, -0.25) is 14.4 Å². The Morgan fingerprint density at radius 1 is 1.00 bits per heavy atom. The fourth-order valence-electron chi connectivity index (χ4n) is 5.00. The second kappa shape index (κ2) is 15.3. The number of ether oxygens (including phenoxy) is 1. The number of benzene rings is 3. The van der Waals surface area contributed by atoms with Crippen LogP contribution in [0, 0.1) is 5.92 Å². The first-order chi connectivity index (χ1) is 22.2. The predicted octanol–water partition coefficient (Wildman–Crippen LogP) is 7.45. The summed E-state index contributed by atoms with van der Waals surface area (Å²) in [6, 6.07) is 22.6. The van der Waals surface area contributed by atoms with Crippen molar-refractivity contribution in [1.29, 1.82) is 0 Å². The number of carbonyl (C=O) groups is 4. The van der Waals surface area contributed by atoms with Crippen molar-refractivity contribution in [1.82, 2.24) is 5.32 Å². The number of halogens is 1. The molecule has 0 radical (unpaired) electrons. The van der Waals surface area contributed by atoms with Crippen LogP contribution in [0.15, 0.2) is 89.5 Å². The maximum Gasteiger partial charge on any atom is 0.341 e. The zero-order chi connectivity index (χ0) is 32.6. The van der Waals surface area contributed by atoms with Gasteiger partial charge in [-0.05, 0) is 84.8 Å². The lowest BCUT2D eigenvalue weighted by atomic mass is 9.88. The largest absolute Gasteiger partial charge is 0.465 e. The lowest BCUT2D eigenvalue weighted by Gasteiger charge is -2.18. The van der Waals surface area contributed by atoms with Gasteiger partial charge in [0.1, 0.15) is 10.7 Å². The summed E-state index contributed by atoms with van der Waals surface area (Å²) in [5.74, 6) is -1.04. The molecular formula is C35H32ClN3O5S2. The van der Waals surface area contributed by atoms with Crippen LogP contribution in [0.2, 0.25) is 5.02 Å². The van der Waals surface area contributed by atoms with Crippen molar-refractivity contribution >= 4 is 75.2 Å². The van der Waals surface area contributed by atoms with E-state index < -0.39 is 17.8 Å². The molecular weight excluding hydrogens is 642 g/mol. The van der Waals surface area contributed by atoms with Gasteiger partial charge in [0.2, 0.25) is 5.91 Å². The Hall–Kier alpha value is -4.38. The minimum atomic E-state index is -0.523. The summed E-state index contributed by atoms with van der Waals surface area (Å²) in [5.41, 5.74) is 3.05. The van der Waals surface area contributed by atoms with Gasteiger partial charge in [0, 0.05) is 26.0 Å². The maximum absolute atomic E-state index is 13.4. The van der Waals surface area contributed by atoms with Crippen molar-refractivity contribution in [2.24, 2.45) is 5.92 Å². The molecule has 1 aliphatic rings. The predicted molar refractivity (Wildman–Crippen MR) is 185 cm³/mol. The van der Waals surface area contributed by atoms with E-state index in [0.717, 1.165) is 34.6 Å². The van der Waals surface area contributed by atoms with Crippen molar-refractivity contribution in [3.05, 3.63) is 117 Å². The van der Waals surface area contributed by atoms with Crippen LogP contribution < -0.4 is 16.0 Å². The summed E-state index contributed by atoms with van der Waals surface area (Å²) < 4.78 is 5.03. The van der Waals surface area contributed by atoms with Gasteiger partial charge in [-0.25, -0.2) is 4.79 Å². The van der Waals surface area contributed by atoms with E-state index in [9.17, 15) is 19.2 Å². The Morgan fingerprint density at radius 2 is 1.76 bits per heavy atom. The van der Waals surface area contributed by atoms with Gasteiger partial charge in [-0.2, -0.15) is 0 Å². The first-order valence-electron chi connectivity index (χ1n) is 14.6. The maximum atomic E-state index is 13.4. The molecule has 1 heterocycles. The standard InChI is InChI=1S/C35H32ClN3O5S2/c1-21-11-16-27-29(17-21)46-34(31(27)35(43)44-2)39-30(40)20-45-26-10-6-9-25(19-26)37-33(42)28(18-22-12-14-24(36)15-13-22)38-32(41)23-7-4-3-5-8-23/h3-10,12-15,18-19,21H,11,16-17,20H2,1-2H3,(H,37,42)(H,38,41)(H,39,40)/b28-18+. The number of methoxy groups -OCH3 is 1. The van der Waals surface area contributed by atoms with Crippen molar-refractivity contribution in [3.8, 4) is 0 Å². The summed E-state index contributed by atoms with van der Waals surface area (Å²) >= 11 is 8.76. The van der Waals surface area contributed by atoms with E-state index in [1.807, 2.05) is 6.07 Å². The number of nitrogens with one attached hydrogen (secondary N) is 3.